The summed E-state index contributed by atoms with van der Waals surface area (Å²) < 4.78 is 10.7. The van der Waals surface area contributed by atoms with Gasteiger partial charge in [0.15, 0.2) is 0 Å². The molecule has 0 spiro atoms. The van der Waals surface area contributed by atoms with Crippen molar-refractivity contribution >= 4 is 28.3 Å². The van der Waals surface area contributed by atoms with Gasteiger partial charge >= 0.3 is 5.97 Å². The fraction of sp³-hybridized carbons (Fsp3) is 0.286. The van der Waals surface area contributed by atoms with E-state index in [-0.39, 0.29) is 11.7 Å². The third-order valence-corrected chi connectivity index (χ3v) is 5.44. The van der Waals surface area contributed by atoms with Gasteiger partial charge in [-0.2, -0.15) is 5.10 Å². The number of hydrogen-bond acceptors (Lipinski definition) is 5. The van der Waals surface area contributed by atoms with Crippen molar-refractivity contribution in [3.63, 3.8) is 0 Å². The molecule has 0 saturated heterocycles. The fourth-order valence-electron chi connectivity index (χ4n) is 3.21. The highest BCUT2D eigenvalue weighted by Crippen LogP contribution is 2.34. The second-order valence-electron chi connectivity index (χ2n) is 6.80. The van der Waals surface area contributed by atoms with Crippen LogP contribution >= 0.6 is 11.6 Å². The first-order chi connectivity index (χ1) is 13.6. The Balaban J connectivity index is 1.76. The summed E-state index contributed by atoms with van der Waals surface area (Å²) >= 11 is 6.70. The van der Waals surface area contributed by atoms with Crippen LogP contribution in [-0.4, -0.2) is 29.4 Å². The van der Waals surface area contributed by atoms with Crippen LogP contribution in [0.5, 0.6) is 5.75 Å². The summed E-state index contributed by atoms with van der Waals surface area (Å²) in [4.78, 5) is 24.0. The predicted octanol–water partition coefficient (Wildman–Crippen LogP) is 3.97. The fourth-order valence-corrected chi connectivity index (χ4v) is 3.51. The molecular weight excluding hydrogens is 380 g/mol. The van der Waals surface area contributed by atoms with Crippen molar-refractivity contribution in [2.45, 2.75) is 30.7 Å². The van der Waals surface area contributed by atoms with E-state index in [1.165, 1.54) is 13.5 Å². The van der Waals surface area contributed by atoms with Gasteiger partial charge in [-0.05, 0) is 55.2 Å². The van der Waals surface area contributed by atoms with Gasteiger partial charge in [0.25, 0.3) is 5.56 Å². The molecule has 1 aliphatic carbocycles. The van der Waals surface area contributed by atoms with Crippen molar-refractivity contribution < 1.29 is 14.3 Å². The summed E-state index contributed by atoms with van der Waals surface area (Å²) in [6, 6.07) is 12.2. The molecule has 7 heteroatoms. The van der Waals surface area contributed by atoms with Gasteiger partial charge in [-0.15, -0.1) is 11.6 Å². The maximum Gasteiger partial charge on any atom is 0.337 e. The van der Waals surface area contributed by atoms with Gasteiger partial charge < -0.3 is 9.47 Å². The van der Waals surface area contributed by atoms with Crippen LogP contribution in [0.15, 0.2) is 47.3 Å². The van der Waals surface area contributed by atoms with Gasteiger partial charge in [0.2, 0.25) is 0 Å². The first-order valence-electron chi connectivity index (χ1n) is 9.08. The van der Waals surface area contributed by atoms with Gasteiger partial charge in [0, 0.05) is 5.39 Å². The number of H-pyrrole nitrogens is 1. The normalized spacial score (nSPS) is 15.1. The summed E-state index contributed by atoms with van der Waals surface area (Å²) in [5, 5.41) is 7.14. The summed E-state index contributed by atoms with van der Waals surface area (Å²) in [5.74, 6) is 0.249. The monoisotopic (exact) mass is 398 g/mol. The van der Waals surface area contributed by atoms with Crippen molar-refractivity contribution in [2.75, 3.05) is 7.11 Å². The topological polar surface area (TPSA) is 81.3 Å². The van der Waals surface area contributed by atoms with E-state index in [9.17, 15) is 9.59 Å². The third-order valence-electron chi connectivity index (χ3n) is 4.98. The molecule has 1 heterocycles. The van der Waals surface area contributed by atoms with Crippen molar-refractivity contribution in [2.24, 2.45) is 0 Å². The highest BCUT2D eigenvalue weighted by Gasteiger charge is 2.22. The van der Waals surface area contributed by atoms with Crippen LogP contribution in [0.25, 0.3) is 10.8 Å². The number of aromatic amines is 1. The lowest BCUT2D eigenvalue weighted by molar-refractivity contribution is 0.0600. The Morgan fingerprint density at radius 3 is 2.75 bits per heavy atom. The molecule has 0 bridgehead atoms. The van der Waals surface area contributed by atoms with E-state index < -0.39 is 11.3 Å². The number of halogens is 1. The predicted molar refractivity (Wildman–Crippen MR) is 106 cm³/mol. The molecule has 1 fully saturated rings. The summed E-state index contributed by atoms with van der Waals surface area (Å²) in [5.41, 5.74) is 1.28. The van der Waals surface area contributed by atoms with Crippen molar-refractivity contribution in [3.05, 3.63) is 69.6 Å². The minimum Gasteiger partial charge on any atom is -0.490 e. The highest BCUT2D eigenvalue weighted by molar-refractivity contribution is 6.23. The standard InChI is InChI=1S/C21H19ClN2O4/c1-27-21(26)13-5-2-4-12(10-13)18(22)19-17-11-15(28-14-6-3-7-14)8-9-16(17)20(25)24-23-19/h2,4-5,8-11,14,18H,3,6-7H2,1H3,(H,24,25). The molecule has 0 amide bonds. The van der Waals surface area contributed by atoms with E-state index in [4.69, 9.17) is 21.1 Å². The van der Waals surface area contributed by atoms with Gasteiger partial charge in [0.1, 0.15) is 11.1 Å². The molecule has 3 aromatic rings. The molecule has 1 unspecified atom stereocenters. The number of nitrogens with one attached hydrogen (secondary N) is 1. The van der Waals surface area contributed by atoms with E-state index in [1.54, 1.807) is 36.4 Å². The van der Waals surface area contributed by atoms with E-state index in [2.05, 4.69) is 10.2 Å². The first-order valence-corrected chi connectivity index (χ1v) is 9.52. The maximum absolute atomic E-state index is 12.2. The molecule has 1 aromatic heterocycles. The average Bonchev–Trinajstić information content (AvgIpc) is 2.70. The number of aromatic nitrogens is 2. The second kappa shape index (κ2) is 7.64. The summed E-state index contributed by atoms with van der Waals surface area (Å²) in [7, 11) is 1.33. The van der Waals surface area contributed by atoms with Crippen molar-refractivity contribution in [1.82, 2.24) is 10.2 Å². The molecule has 0 radical (unpaired) electrons. The Labute approximate surface area is 166 Å². The summed E-state index contributed by atoms with van der Waals surface area (Å²) in [6.45, 7) is 0. The minimum absolute atomic E-state index is 0.222. The molecular formula is C21H19ClN2O4. The Morgan fingerprint density at radius 1 is 1.21 bits per heavy atom. The molecule has 1 aliphatic rings. The van der Waals surface area contributed by atoms with Crippen LogP contribution in [-0.2, 0) is 4.74 Å². The second-order valence-corrected chi connectivity index (χ2v) is 7.23. The first kappa shape index (κ1) is 18.5. The number of benzene rings is 2. The van der Waals surface area contributed by atoms with Crippen LogP contribution < -0.4 is 10.3 Å². The van der Waals surface area contributed by atoms with Gasteiger partial charge in [0.05, 0.1) is 29.9 Å². The number of carbonyl (C=O) groups excluding carboxylic acids is 1. The number of carbonyl (C=O) groups is 1. The van der Waals surface area contributed by atoms with Crippen LogP contribution in [0.2, 0.25) is 0 Å². The largest absolute Gasteiger partial charge is 0.490 e. The molecule has 4 rings (SSSR count). The lowest BCUT2D eigenvalue weighted by atomic mass is 9.96. The quantitative estimate of drug-likeness (QED) is 0.519. The maximum atomic E-state index is 12.2. The van der Waals surface area contributed by atoms with E-state index in [1.807, 2.05) is 6.07 Å². The molecule has 2 aromatic carbocycles. The lowest BCUT2D eigenvalue weighted by Crippen LogP contribution is -2.24. The van der Waals surface area contributed by atoms with Gasteiger partial charge in [-0.3, -0.25) is 4.79 Å². The molecule has 28 heavy (non-hydrogen) atoms. The molecule has 1 N–H and O–H groups in total. The zero-order valence-corrected chi connectivity index (χ0v) is 16.0. The van der Waals surface area contributed by atoms with Crippen molar-refractivity contribution in [3.8, 4) is 5.75 Å². The number of ether oxygens (including phenoxy) is 2. The Hall–Kier alpha value is -2.86. The zero-order chi connectivity index (χ0) is 19.7. The Morgan fingerprint density at radius 2 is 2.04 bits per heavy atom. The van der Waals surface area contributed by atoms with Crippen LogP contribution in [0.3, 0.4) is 0 Å². The van der Waals surface area contributed by atoms with Crippen molar-refractivity contribution in [1.29, 1.82) is 0 Å². The minimum atomic E-state index is -0.664. The third kappa shape index (κ3) is 3.47. The zero-order valence-electron chi connectivity index (χ0n) is 15.3. The number of esters is 1. The average molecular weight is 399 g/mol. The Bertz CT molecular complexity index is 1090. The molecule has 0 aliphatic heterocycles. The smallest absolute Gasteiger partial charge is 0.337 e. The van der Waals surface area contributed by atoms with E-state index in [0.29, 0.717) is 33.3 Å². The molecule has 6 nitrogen and oxygen atoms in total. The number of methoxy groups -OCH3 is 1. The van der Waals surface area contributed by atoms with Crippen LogP contribution in [0.4, 0.5) is 0 Å². The Kier molecular flexibility index (Phi) is 5.05. The summed E-state index contributed by atoms with van der Waals surface area (Å²) in [6.07, 6.45) is 3.47. The van der Waals surface area contributed by atoms with Crippen LogP contribution in [0.1, 0.15) is 46.3 Å². The highest BCUT2D eigenvalue weighted by atomic mass is 35.5. The number of nitrogens with zero attached hydrogens (tertiary/aromatic N) is 1. The van der Waals surface area contributed by atoms with Gasteiger partial charge in [-0.25, -0.2) is 9.89 Å². The number of hydrogen-bond donors (Lipinski definition) is 1. The SMILES string of the molecule is COC(=O)c1cccc(C(Cl)c2n[nH]c(=O)c3ccc(OC4CCC4)cc23)c1. The molecule has 1 atom stereocenters. The number of rotatable bonds is 5. The van der Waals surface area contributed by atoms with E-state index in [0.717, 1.165) is 12.8 Å². The number of fused-ring (bicyclic) bond motifs is 1. The molecule has 144 valence electrons. The lowest BCUT2D eigenvalue weighted by Gasteiger charge is -2.26. The number of alkyl halides is 1. The molecule has 1 saturated carbocycles. The van der Waals surface area contributed by atoms with E-state index >= 15 is 0 Å². The van der Waals surface area contributed by atoms with Crippen LogP contribution in [0, 0.1) is 0 Å². The van der Waals surface area contributed by atoms with Gasteiger partial charge in [-0.1, -0.05) is 12.1 Å².